The first-order chi connectivity index (χ1) is 11.4. The number of carbonyl (C=O) groups excluding carboxylic acids is 1. The lowest BCUT2D eigenvalue weighted by atomic mass is 10.0. The van der Waals surface area contributed by atoms with E-state index in [-0.39, 0.29) is 23.9 Å². The highest BCUT2D eigenvalue weighted by Crippen LogP contribution is 2.12. The molecular formula is C18H20N4O2. The average molecular weight is 324 g/mol. The van der Waals surface area contributed by atoms with Crippen LogP contribution in [0.3, 0.4) is 0 Å². The Kier molecular flexibility index (Phi) is 5.48. The van der Waals surface area contributed by atoms with E-state index in [1.807, 2.05) is 43.3 Å². The lowest BCUT2D eigenvalue weighted by molar-refractivity contribution is -0.122. The third kappa shape index (κ3) is 3.87. The third-order valence-electron chi connectivity index (χ3n) is 4.02. The van der Waals surface area contributed by atoms with Crippen LogP contribution >= 0.6 is 0 Å². The summed E-state index contributed by atoms with van der Waals surface area (Å²) in [5.41, 5.74) is 1.75. The van der Waals surface area contributed by atoms with E-state index in [9.17, 15) is 9.59 Å². The molecule has 0 aliphatic heterocycles. The van der Waals surface area contributed by atoms with Crippen molar-refractivity contribution in [3.05, 3.63) is 63.1 Å². The van der Waals surface area contributed by atoms with Gasteiger partial charge in [0, 0.05) is 6.54 Å². The molecule has 6 heteroatoms. The van der Waals surface area contributed by atoms with E-state index in [0.29, 0.717) is 17.8 Å². The van der Waals surface area contributed by atoms with Crippen molar-refractivity contribution in [2.24, 2.45) is 0 Å². The van der Waals surface area contributed by atoms with Gasteiger partial charge in [-0.2, -0.15) is 10.4 Å². The first-order valence-electron chi connectivity index (χ1n) is 7.74. The normalized spacial score (nSPS) is 11.6. The van der Waals surface area contributed by atoms with Gasteiger partial charge in [0.25, 0.3) is 5.56 Å². The van der Waals surface area contributed by atoms with Crippen LogP contribution in [0.25, 0.3) is 0 Å². The molecule has 24 heavy (non-hydrogen) atoms. The Morgan fingerprint density at radius 3 is 2.62 bits per heavy atom. The van der Waals surface area contributed by atoms with Gasteiger partial charge in [-0.25, -0.2) is 4.68 Å². The average Bonchev–Trinajstić information content (AvgIpc) is 2.59. The van der Waals surface area contributed by atoms with E-state index in [2.05, 4.69) is 10.4 Å². The molecule has 0 spiro atoms. The zero-order chi connectivity index (χ0) is 17.7. The van der Waals surface area contributed by atoms with Crippen molar-refractivity contribution >= 4 is 5.91 Å². The van der Waals surface area contributed by atoms with E-state index in [1.54, 1.807) is 13.8 Å². The van der Waals surface area contributed by atoms with Gasteiger partial charge in [-0.3, -0.25) is 9.59 Å². The molecule has 1 heterocycles. The summed E-state index contributed by atoms with van der Waals surface area (Å²) in [6.45, 7) is 5.67. The second-order valence-corrected chi connectivity index (χ2v) is 5.78. The van der Waals surface area contributed by atoms with Crippen LogP contribution in [0.5, 0.6) is 0 Å². The second kappa shape index (κ2) is 7.55. The smallest absolute Gasteiger partial charge is 0.285 e. The predicted octanol–water partition coefficient (Wildman–Crippen LogP) is 1.65. The highest BCUT2D eigenvalue weighted by atomic mass is 16.2. The van der Waals surface area contributed by atoms with Gasteiger partial charge in [0.2, 0.25) is 5.91 Å². The van der Waals surface area contributed by atoms with Gasteiger partial charge in [-0.1, -0.05) is 37.3 Å². The Balaban J connectivity index is 2.05. The van der Waals surface area contributed by atoms with Crippen LogP contribution in [-0.4, -0.2) is 22.2 Å². The number of benzene rings is 1. The Labute approximate surface area is 140 Å². The monoisotopic (exact) mass is 324 g/mol. The lowest BCUT2D eigenvalue weighted by Gasteiger charge is -2.14. The summed E-state index contributed by atoms with van der Waals surface area (Å²) < 4.78 is 1.05. The minimum atomic E-state index is -0.535. The molecule has 2 aromatic rings. The van der Waals surface area contributed by atoms with Crippen LogP contribution in [0.1, 0.15) is 35.2 Å². The molecule has 1 aromatic heterocycles. The summed E-state index contributed by atoms with van der Waals surface area (Å²) in [5.74, 6) is -0.145. The van der Waals surface area contributed by atoms with Crippen molar-refractivity contribution in [2.75, 3.05) is 6.54 Å². The highest BCUT2D eigenvalue weighted by molar-refractivity contribution is 5.75. The fraction of sp³-hybridized carbons (Fsp3) is 0.333. The molecular weight excluding hydrogens is 304 g/mol. The SMILES string of the molecule is Cc1nn(CC(=O)NCC(C)c2ccccc2)c(=O)c(C#N)c1C. The summed E-state index contributed by atoms with van der Waals surface area (Å²) in [6.07, 6.45) is 0. The van der Waals surface area contributed by atoms with Crippen LogP contribution in [0.2, 0.25) is 0 Å². The van der Waals surface area contributed by atoms with Gasteiger partial charge in [0.05, 0.1) is 5.69 Å². The molecule has 0 saturated carbocycles. The Morgan fingerprint density at radius 1 is 1.33 bits per heavy atom. The number of aryl methyl sites for hydroxylation is 1. The van der Waals surface area contributed by atoms with Crippen molar-refractivity contribution in [3.63, 3.8) is 0 Å². The van der Waals surface area contributed by atoms with Crippen LogP contribution in [0.4, 0.5) is 0 Å². The fourth-order valence-corrected chi connectivity index (χ4v) is 2.37. The number of carbonyl (C=O) groups is 1. The van der Waals surface area contributed by atoms with Gasteiger partial charge < -0.3 is 5.32 Å². The maximum absolute atomic E-state index is 12.2. The van der Waals surface area contributed by atoms with Gasteiger partial charge >= 0.3 is 0 Å². The number of nitrogens with zero attached hydrogens (tertiary/aromatic N) is 3. The minimum absolute atomic E-state index is 0.0351. The molecule has 1 aromatic carbocycles. The Morgan fingerprint density at radius 2 is 2.00 bits per heavy atom. The van der Waals surface area contributed by atoms with Gasteiger partial charge in [0.1, 0.15) is 18.2 Å². The van der Waals surface area contributed by atoms with Crippen molar-refractivity contribution in [1.29, 1.82) is 5.26 Å². The molecule has 1 atom stereocenters. The largest absolute Gasteiger partial charge is 0.354 e. The number of nitriles is 1. The maximum atomic E-state index is 12.2. The van der Waals surface area contributed by atoms with E-state index >= 15 is 0 Å². The van der Waals surface area contributed by atoms with Crippen LogP contribution in [-0.2, 0) is 11.3 Å². The number of rotatable bonds is 5. The number of aromatic nitrogens is 2. The predicted molar refractivity (Wildman–Crippen MR) is 90.6 cm³/mol. The molecule has 0 aliphatic carbocycles. The van der Waals surface area contributed by atoms with Crippen molar-refractivity contribution in [1.82, 2.24) is 15.1 Å². The fourth-order valence-electron chi connectivity index (χ4n) is 2.37. The second-order valence-electron chi connectivity index (χ2n) is 5.78. The molecule has 1 amide bonds. The van der Waals surface area contributed by atoms with Crippen molar-refractivity contribution < 1.29 is 4.79 Å². The third-order valence-corrected chi connectivity index (χ3v) is 4.02. The molecule has 0 radical (unpaired) electrons. The van der Waals surface area contributed by atoms with Gasteiger partial charge in [0.15, 0.2) is 0 Å². The van der Waals surface area contributed by atoms with E-state index in [0.717, 1.165) is 10.2 Å². The maximum Gasteiger partial charge on any atom is 0.285 e. The first kappa shape index (κ1) is 17.4. The van der Waals surface area contributed by atoms with Crippen molar-refractivity contribution in [3.8, 4) is 6.07 Å². The standard InChI is InChI=1S/C18H20N4O2/c1-12(15-7-5-4-6-8-15)10-20-17(23)11-22-18(24)16(9-19)13(2)14(3)21-22/h4-8,12H,10-11H2,1-3H3,(H,20,23). The molecule has 0 aliphatic rings. The summed E-state index contributed by atoms with van der Waals surface area (Å²) >= 11 is 0. The number of hydrogen-bond donors (Lipinski definition) is 1. The highest BCUT2D eigenvalue weighted by Gasteiger charge is 2.14. The molecule has 1 N–H and O–H groups in total. The van der Waals surface area contributed by atoms with Crippen LogP contribution in [0, 0.1) is 25.2 Å². The number of hydrogen-bond acceptors (Lipinski definition) is 4. The lowest BCUT2D eigenvalue weighted by Crippen LogP contribution is -2.36. The van der Waals surface area contributed by atoms with E-state index in [1.165, 1.54) is 0 Å². The van der Waals surface area contributed by atoms with Crippen LogP contribution in [0.15, 0.2) is 35.1 Å². The molecule has 0 saturated heterocycles. The Bertz CT molecular complexity index is 835. The van der Waals surface area contributed by atoms with Crippen LogP contribution < -0.4 is 10.9 Å². The quantitative estimate of drug-likeness (QED) is 0.906. The zero-order valence-corrected chi connectivity index (χ0v) is 14.0. The summed E-state index contributed by atoms with van der Waals surface area (Å²) in [6, 6.07) is 11.7. The summed E-state index contributed by atoms with van der Waals surface area (Å²) in [7, 11) is 0. The van der Waals surface area contributed by atoms with E-state index in [4.69, 9.17) is 5.26 Å². The zero-order valence-electron chi connectivity index (χ0n) is 14.0. The molecule has 0 fully saturated rings. The molecule has 2 rings (SSSR count). The molecule has 1 unspecified atom stereocenters. The summed E-state index contributed by atoms with van der Waals surface area (Å²) in [4.78, 5) is 24.3. The minimum Gasteiger partial charge on any atom is -0.354 e. The number of nitrogens with one attached hydrogen (secondary N) is 1. The first-order valence-corrected chi connectivity index (χ1v) is 7.74. The molecule has 6 nitrogen and oxygen atoms in total. The van der Waals surface area contributed by atoms with Crippen molar-refractivity contribution in [2.45, 2.75) is 33.2 Å². The van der Waals surface area contributed by atoms with Gasteiger partial charge in [-0.05, 0) is 30.9 Å². The molecule has 124 valence electrons. The number of amides is 1. The summed E-state index contributed by atoms with van der Waals surface area (Å²) in [5, 5.41) is 16.0. The topological polar surface area (TPSA) is 87.8 Å². The van der Waals surface area contributed by atoms with E-state index < -0.39 is 5.56 Å². The Hall–Kier alpha value is -2.94. The molecule has 0 bridgehead atoms. The van der Waals surface area contributed by atoms with Gasteiger partial charge in [-0.15, -0.1) is 0 Å².